The number of pyridine rings is 2. The number of hydrogen-bond acceptors (Lipinski definition) is 9. The first-order valence-corrected chi connectivity index (χ1v) is 12.9. The van der Waals surface area contributed by atoms with Crippen molar-refractivity contribution in [2.24, 2.45) is 0 Å². The fourth-order valence-corrected chi connectivity index (χ4v) is 4.54. The van der Waals surface area contributed by atoms with Crippen LogP contribution in [0.4, 0.5) is 16.3 Å². The third-order valence-electron chi connectivity index (χ3n) is 6.36. The normalized spacial score (nSPS) is 15.6. The van der Waals surface area contributed by atoms with E-state index in [4.69, 9.17) is 19.4 Å². The van der Waals surface area contributed by atoms with Gasteiger partial charge in [-0.25, -0.2) is 14.8 Å². The van der Waals surface area contributed by atoms with Gasteiger partial charge in [-0.05, 0) is 45.0 Å². The Morgan fingerprint density at radius 3 is 2.42 bits per heavy atom. The molecule has 2 amide bonds. The van der Waals surface area contributed by atoms with E-state index in [0.717, 1.165) is 5.56 Å². The van der Waals surface area contributed by atoms with Crippen LogP contribution >= 0.6 is 0 Å². The topological polar surface area (TPSA) is 123 Å². The van der Waals surface area contributed by atoms with Crippen LogP contribution in [0.5, 0.6) is 5.75 Å². The Morgan fingerprint density at radius 2 is 1.73 bits per heavy atom. The van der Waals surface area contributed by atoms with Crippen LogP contribution < -0.4 is 15.0 Å². The van der Waals surface area contributed by atoms with Gasteiger partial charge >= 0.3 is 6.09 Å². The zero-order valence-electron chi connectivity index (χ0n) is 22.9. The van der Waals surface area contributed by atoms with E-state index in [9.17, 15) is 9.59 Å². The lowest BCUT2D eigenvalue weighted by Gasteiger charge is -2.41. The molecule has 1 aromatic carbocycles. The van der Waals surface area contributed by atoms with Crippen molar-refractivity contribution in [2.75, 3.05) is 37.0 Å². The highest BCUT2D eigenvalue weighted by Crippen LogP contribution is 2.35. The molecular formula is C29H31N7O4. The maximum atomic E-state index is 13.6. The number of benzene rings is 1. The average Bonchev–Trinajstić information content (AvgIpc) is 2.96. The summed E-state index contributed by atoms with van der Waals surface area (Å²) in [6, 6.07) is 11.9. The van der Waals surface area contributed by atoms with Crippen LogP contribution in [-0.2, 0) is 9.53 Å². The molecule has 1 saturated heterocycles. The van der Waals surface area contributed by atoms with E-state index < -0.39 is 17.7 Å². The number of amides is 2. The van der Waals surface area contributed by atoms with Crippen LogP contribution in [0, 0.1) is 0 Å². The van der Waals surface area contributed by atoms with E-state index in [-0.39, 0.29) is 19.0 Å². The number of ether oxygens (including phenoxy) is 2. The van der Waals surface area contributed by atoms with Gasteiger partial charge in [0.25, 0.3) is 0 Å². The second kappa shape index (κ2) is 11.1. The largest absolute Gasteiger partial charge is 0.494 e. The smallest absolute Gasteiger partial charge is 0.411 e. The summed E-state index contributed by atoms with van der Waals surface area (Å²) in [5.41, 5.74) is 1.30. The predicted molar refractivity (Wildman–Crippen MR) is 151 cm³/mol. The molecule has 1 aliphatic rings. The van der Waals surface area contributed by atoms with Gasteiger partial charge in [0.1, 0.15) is 23.2 Å². The van der Waals surface area contributed by atoms with Gasteiger partial charge in [0, 0.05) is 43.3 Å². The maximum absolute atomic E-state index is 13.6. The van der Waals surface area contributed by atoms with Crippen LogP contribution in [0.25, 0.3) is 22.3 Å². The number of fused-ring (bicyclic) bond motifs is 1. The highest BCUT2D eigenvalue weighted by Gasteiger charge is 2.39. The third-order valence-corrected chi connectivity index (χ3v) is 6.36. The van der Waals surface area contributed by atoms with Crippen LogP contribution in [0.2, 0.25) is 0 Å². The predicted octanol–water partition coefficient (Wildman–Crippen LogP) is 4.16. The van der Waals surface area contributed by atoms with Crippen molar-refractivity contribution in [1.29, 1.82) is 0 Å². The lowest BCUT2D eigenvalue weighted by molar-refractivity contribution is -0.121. The van der Waals surface area contributed by atoms with Crippen molar-refractivity contribution < 1.29 is 19.1 Å². The minimum atomic E-state index is -0.856. The average molecular weight is 542 g/mol. The summed E-state index contributed by atoms with van der Waals surface area (Å²) in [6.07, 6.45) is 6.07. The van der Waals surface area contributed by atoms with E-state index in [1.807, 2.05) is 35.2 Å². The molecule has 1 N–H and O–H groups in total. The Labute approximate surface area is 232 Å². The lowest BCUT2D eigenvalue weighted by atomic mass is 10.1. The fraction of sp³-hybridized carbons (Fsp3) is 0.310. The van der Waals surface area contributed by atoms with Gasteiger partial charge in [0.05, 0.1) is 30.4 Å². The molecule has 1 fully saturated rings. The quantitative estimate of drug-likeness (QED) is 0.397. The zero-order chi connectivity index (χ0) is 28.3. The summed E-state index contributed by atoms with van der Waals surface area (Å²) < 4.78 is 11.3. The Kier molecular flexibility index (Phi) is 7.45. The standard InChI is InChI=1S/C29H31N7O4/c1-29(2,3)40-28(38)36-15-14-35(18-22(36)27(37)32-20-8-6-5-7-9-20)26-24-21(16-31-17-23(24)39-4)33-25(34-26)19-10-12-30-13-11-19/h5-13,16-17,22H,14-15,18H2,1-4H3,(H,32,37). The van der Waals surface area contributed by atoms with Crippen molar-refractivity contribution in [1.82, 2.24) is 24.8 Å². The van der Waals surface area contributed by atoms with Gasteiger partial charge in [0.2, 0.25) is 5.91 Å². The van der Waals surface area contributed by atoms with Crippen LogP contribution in [0.3, 0.4) is 0 Å². The molecule has 206 valence electrons. The molecule has 0 spiro atoms. The van der Waals surface area contributed by atoms with Gasteiger partial charge in [0.15, 0.2) is 5.82 Å². The Bertz CT molecular complexity index is 1510. The molecule has 4 aromatic rings. The summed E-state index contributed by atoms with van der Waals surface area (Å²) in [6.45, 7) is 6.22. The molecule has 40 heavy (non-hydrogen) atoms. The third kappa shape index (κ3) is 5.78. The number of nitrogens with zero attached hydrogens (tertiary/aromatic N) is 6. The van der Waals surface area contributed by atoms with Crippen molar-refractivity contribution in [3.8, 4) is 17.1 Å². The van der Waals surface area contributed by atoms with E-state index >= 15 is 0 Å². The van der Waals surface area contributed by atoms with E-state index in [2.05, 4.69) is 15.3 Å². The summed E-state index contributed by atoms with van der Waals surface area (Å²) in [7, 11) is 1.56. The molecule has 0 radical (unpaired) electrons. The second-order valence-corrected chi connectivity index (χ2v) is 10.3. The number of rotatable bonds is 5. The van der Waals surface area contributed by atoms with E-state index in [1.54, 1.807) is 64.8 Å². The first-order valence-electron chi connectivity index (χ1n) is 12.9. The Hall–Kier alpha value is -4.80. The van der Waals surface area contributed by atoms with Crippen LogP contribution in [-0.4, -0.2) is 75.2 Å². The van der Waals surface area contributed by atoms with Crippen LogP contribution in [0.15, 0.2) is 67.3 Å². The van der Waals surface area contributed by atoms with Gasteiger partial charge < -0.3 is 19.7 Å². The minimum Gasteiger partial charge on any atom is -0.494 e. The summed E-state index contributed by atoms with van der Waals surface area (Å²) in [5.74, 6) is 1.24. The number of piperazine rings is 1. The highest BCUT2D eigenvalue weighted by molar-refractivity contribution is 5.99. The number of nitrogens with one attached hydrogen (secondary N) is 1. The first kappa shape index (κ1) is 26.8. The molecule has 0 bridgehead atoms. The minimum absolute atomic E-state index is 0.172. The molecule has 0 aliphatic carbocycles. The van der Waals surface area contributed by atoms with Gasteiger partial charge in [-0.1, -0.05) is 18.2 Å². The maximum Gasteiger partial charge on any atom is 0.411 e. The SMILES string of the molecule is COc1cncc2nc(-c3ccncc3)nc(N3CCN(C(=O)OC(C)(C)C)C(C(=O)Nc4ccccc4)C3)c12. The highest BCUT2D eigenvalue weighted by atomic mass is 16.6. The number of carbonyl (C=O) groups is 2. The van der Waals surface area contributed by atoms with Crippen molar-refractivity contribution in [3.05, 3.63) is 67.3 Å². The Balaban J connectivity index is 1.56. The summed E-state index contributed by atoms with van der Waals surface area (Å²) >= 11 is 0. The lowest BCUT2D eigenvalue weighted by Crippen LogP contribution is -2.60. The fourth-order valence-electron chi connectivity index (χ4n) is 4.54. The van der Waals surface area contributed by atoms with Crippen molar-refractivity contribution >= 4 is 34.4 Å². The van der Waals surface area contributed by atoms with Gasteiger partial charge in [-0.3, -0.25) is 19.7 Å². The number of hydrogen-bond donors (Lipinski definition) is 1. The Morgan fingerprint density at radius 1 is 0.975 bits per heavy atom. The molecule has 0 saturated carbocycles. The molecule has 3 aromatic heterocycles. The number of aromatic nitrogens is 4. The van der Waals surface area contributed by atoms with Crippen LogP contribution in [0.1, 0.15) is 20.8 Å². The van der Waals surface area contributed by atoms with Gasteiger partial charge in [-0.2, -0.15) is 0 Å². The number of para-hydroxylation sites is 1. The molecule has 1 atom stereocenters. The van der Waals surface area contributed by atoms with Gasteiger partial charge in [-0.15, -0.1) is 0 Å². The first-order chi connectivity index (χ1) is 19.2. The molecule has 4 heterocycles. The zero-order valence-corrected chi connectivity index (χ0v) is 22.9. The van der Waals surface area contributed by atoms with Crippen molar-refractivity contribution in [2.45, 2.75) is 32.4 Å². The van der Waals surface area contributed by atoms with E-state index in [1.165, 1.54) is 4.90 Å². The monoisotopic (exact) mass is 541 g/mol. The second-order valence-electron chi connectivity index (χ2n) is 10.3. The van der Waals surface area contributed by atoms with Crippen molar-refractivity contribution in [3.63, 3.8) is 0 Å². The summed E-state index contributed by atoms with van der Waals surface area (Å²) in [4.78, 5) is 48.4. The summed E-state index contributed by atoms with van der Waals surface area (Å²) in [5, 5.41) is 3.61. The molecule has 5 rings (SSSR count). The molecule has 11 nitrogen and oxygen atoms in total. The molecular weight excluding hydrogens is 510 g/mol. The molecule has 1 aliphatic heterocycles. The number of anilines is 2. The number of methoxy groups -OCH3 is 1. The van der Waals surface area contributed by atoms with E-state index in [0.29, 0.717) is 40.5 Å². The molecule has 1 unspecified atom stereocenters. The molecule has 11 heteroatoms. The number of carbonyl (C=O) groups excluding carboxylic acids is 2.